The normalized spacial score (nSPS) is 10.5. The molecule has 0 saturated heterocycles. The molecule has 1 N–H and O–H groups in total. The number of nitrogens with one attached hydrogen (secondary N) is 1. The molecule has 1 heterocycles. The number of halogens is 1. The van der Waals surface area contributed by atoms with E-state index in [4.69, 9.17) is 20.8 Å². The molecule has 7 heteroatoms. The molecule has 0 fully saturated rings. The first-order valence-corrected chi connectivity index (χ1v) is 8.04. The first kappa shape index (κ1) is 17.0. The lowest BCUT2D eigenvalue weighted by atomic mass is 10.2. The van der Waals surface area contributed by atoms with Gasteiger partial charge in [-0.25, -0.2) is 0 Å². The van der Waals surface area contributed by atoms with Crippen molar-refractivity contribution in [2.24, 2.45) is 0 Å². The molecule has 2 aromatic carbocycles. The van der Waals surface area contributed by atoms with Crippen LogP contribution in [-0.2, 0) is 6.42 Å². The maximum absolute atomic E-state index is 12.2. The van der Waals surface area contributed by atoms with Crippen molar-refractivity contribution in [2.45, 2.75) is 6.42 Å². The maximum Gasteiger partial charge on any atom is 0.255 e. The van der Waals surface area contributed by atoms with Crippen LogP contribution in [0.25, 0.3) is 11.5 Å². The lowest BCUT2D eigenvalue weighted by molar-refractivity contribution is 0.0950. The van der Waals surface area contributed by atoms with E-state index in [1.165, 1.54) is 7.11 Å². The topological polar surface area (TPSA) is 77.2 Å². The summed E-state index contributed by atoms with van der Waals surface area (Å²) in [5.41, 5.74) is 1.28. The number of carbonyl (C=O) groups excluding carboxylic acids is 1. The number of nitrogens with zero attached hydrogens (tertiary/aromatic N) is 2. The number of para-hydroxylation sites is 1. The molecule has 0 atom stereocenters. The van der Waals surface area contributed by atoms with Crippen LogP contribution in [0.2, 0.25) is 5.02 Å². The van der Waals surface area contributed by atoms with Crippen molar-refractivity contribution in [1.82, 2.24) is 15.5 Å². The standard InChI is InChI=1S/C18H16ClN3O3/c1-24-15-5-3-2-4-14(15)17(23)20-11-10-16-21-22-18(25-16)12-6-8-13(19)9-7-12/h2-9H,10-11H2,1H3,(H,20,23). The van der Waals surface area contributed by atoms with Gasteiger partial charge < -0.3 is 14.5 Å². The number of ether oxygens (including phenoxy) is 1. The molecule has 0 spiro atoms. The number of rotatable bonds is 6. The molecule has 0 aliphatic carbocycles. The summed E-state index contributed by atoms with van der Waals surface area (Å²) in [6.45, 7) is 0.374. The summed E-state index contributed by atoms with van der Waals surface area (Å²) in [6, 6.07) is 14.2. The largest absolute Gasteiger partial charge is 0.496 e. The number of amides is 1. The molecule has 3 rings (SSSR count). The molecule has 0 bridgehead atoms. The number of aromatic nitrogens is 2. The first-order chi connectivity index (χ1) is 12.2. The van der Waals surface area contributed by atoms with E-state index >= 15 is 0 Å². The van der Waals surface area contributed by atoms with Crippen molar-refractivity contribution in [3.63, 3.8) is 0 Å². The van der Waals surface area contributed by atoms with Gasteiger partial charge in [-0.3, -0.25) is 4.79 Å². The third kappa shape index (κ3) is 4.16. The summed E-state index contributed by atoms with van der Waals surface area (Å²) < 4.78 is 10.8. The van der Waals surface area contributed by atoms with E-state index in [-0.39, 0.29) is 5.91 Å². The second-order valence-electron chi connectivity index (χ2n) is 5.21. The van der Waals surface area contributed by atoms with Crippen LogP contribution in [-0.4, -0.2) is 29.8 Å². The minimum Gasteiger partial charge on any atom is -0.496 e. The highest BCUT2D eigenvalue weighted by atomic mass is 35.5. The Balaban J connectivity index is 1.57. The quantitative estimate of drug-likeness (QED) is 0.731. The Morgan fingerprint density at radius 3 is 2.68 bits per heavy atom. The van der Waals surface area contributed by atoms with Gasteiger partial charge in [-0.15, -0.1) is 10.2 Å². The Kier molecular flexibility index (Phi) is 5.30. The molecule has 6 nitrogen and oxygen atoms in total. The molecule has 0 aliphatic heterocycles. The van der Waals surface area contributed by atoms with Crippen LogP contribution in [0, 0.1) is 0 Å². The highest BCUT2D eigenvalue weighted by molar-refractivity contribution is 6.30. The molecule has 0 radical (unpaired) electrons. The van der Waals surface area contributed by atoms with E-state index in [0.717, 1.165) is 5.56 Å². The van der Waals surface area contributed by atoms with Crippen LogP contribution < -0.4 is 10.1 Å². The van der Waals surface area contributed by atoms with Crippen LogP contribution in [0.15, 0.2) is 52.9 Å². The van der Waals surface area contributed by atoms with Crippen molar-refractivity contribution in [3.05, 3.63) is 65.0 Å². The highest BCUT2D eigenvalue weighted by Gasteiger charge is 2.12. The monoisotopic (exact) mass is 357 g/mol. The van der Waals surface area contributed by atoms with Crippen LogP contribution in [0.5, 0.6) is 5.75 Å². The van der Waals surface area contributed by atoms with Gasteiger partial charge in [0.2, 0.25) is 11.8 Å². The van der Waals surface area contributed by atoms with Gasteiger partial charge in [-0.2, -0.15) is 0 Å². The second kappa shape index (κ2) is 7.81. The third-order valence-electron chi connectivity index (χ3n) is 3.53. The van der Waals surface area contributed by atoms with E-state index < -0.39 is 0 Å². The fourth-order valence-corrected chi connectivity index (χ4v) is 2.40. The van der Waals surface area contributed by atoms with Crippen molar-refractivity contribution < 1.29 is 13.9 Å². The van der Waals surface area contributed by atoms with Gasteiger partial charge in [0, 0.05) is 23.6 Å². The van der Waals surface area contributed by atoms with Crippen LogP contribution in [0.4, 0.5) is 0 Å². The zero-order valence-electron chi connectivity index (χ0n) is 13.5. The summed E-state index contributed by atoms with van der Waals surface area (Å²) in [6.07, 6.45) is 0.432. The Labute approximate surface area is 149 Å². The predicted octanol–water partition coefficient (Wildman–Crippen LogP) is 3.37. The second-order valence-corrected chi connectivity index (χ2v) is 5.65. The molecule has 128 valence electrons. The molecule has 1 amide bonds. The van der Waals surface area contributed by atoms with Gasteiger partial charge in [-0.05, 0) is 36.4 Å². The minimum atomic E-state index is -0.213. The van der Waals surface area contributed by atoms with Gasteiger partial charge in [0.05, 0.1) is 12.7 Å². The van der Waals surface area contributed by atoms with Crippen molar-refractivity contribution in [3.8, 4) is 17.2 Å². The smallest absolute Gasteiger partial charge is 0.255 e. The number of methoxy groups -OCH3 is 1. The number of carbonyl (C=O) groups is 1. The Morgan fingerprint density at radius 2 is 1.92 bits per heavy atom. The van der Waals surface area contributed by atoms with E-state index in [0.29, 0.717) is 41.1 Å². The van der Waals surface area contributed by atoms with Gasteiger partial charge in [0.15, 0.2) is 0 Å². The average molecular weight is 358 g/mol. The Hall–Kier alpha value is -2.86. The molecule has 25 heavy (non-hydrogen) atoms. The summed E-state index contributed by atoms with van der Waals surface area (Å²) in [5.74, 6) is 1.19. The lowest BCUT2D eigenvalue weighted by Crippen LogP contribution is -2.26. The molecule has 3 aromatic rings. The van der Waals surface area contributed by atoms with E-state index in [1.54, 1.807) is 30.3 Å². The van der Waals surface area contributed by atoms with E-state index in [1.807, 2.05) is 18.2 Å². The van der Waals surface area contributed by atoms with Gasteiger partial charge in [0.25, 0.3) is 5.91 Å². The average Bonchev–Trinajstić information content (AvgIpc) is 3.11. The Bertz CT molecular complexity index is 862. The zero-order chi connectivity index (χ0) is 17.6. The SMILES string of the molecule is COc1ccccc1C(=O)NCCc1nnc(-c2ccc(Cl)cc2)o1. The molecular weight excluding hydrogens is 342 g/mol. The van der Waals surface area contributed by atoms with E-state index in [2.05, 4.69) is 15.5 Å². The van der Waals surface area contributed by atoms with Crippen LogP contribution >= 0.6 is 11.6 Å². The van der Waals surface area contributed by atoms with Crippen LogP contribution in [0.3, 0.4) is 0 Å². The van der Waals surface area contributed by atoms with Gasteiger partial charge >= 0.3 is 0 Å². The molecule has 0 aliphatic rings. The summed E-state index contributed by atoms with van der Waals surface area (Å²) in [5, 5.41) is 11.5. The van der Waals surface area contributed by atoms with Crippen molar-refractivity contribution in [1.29, 1.82) is 0 Å². The molecule has 0 saturated carbocycles. The highest BCUT2D eigenvalue weighted by Crippen LogP contribution is 2.20. The fraction of sp³-hybridized carbons (Fsp3) is 0.167. The lowest BCUT2D eigenvalue weighted by Gasteiger charge is -2.08. The van der Waals surface area contributed by atoms with Crippen molar-refractivity contribution in [2.75, 3.05) is 13.7 Å². The molecule has 0 unspecified atom stereocenters. The van der Waals surface area contributed by atoms with E-state index in [9.17, 15) is 4.79 Å². The first-order valence-electron chi connectivity index (χ1n) is 7.67. The summed E-state index contributed by atoms with van der Waals surface area (Å²) >= 11 is 5.86. The number of benzene rings is 2. The molecular formula is C18H16ClN3O3. The number of hydrogen-bond donors (Lipinski definition) is 1. The molecule has 1 aromatic heterocycles. The van der Waals surface area contributed by atoms with Gasteiger partial charge in [-0.1, -0.05) is 23.7 Å². The van der Waals surface area contributed by atoms with Crippen LogP contribution in [0.1, 0.15) is 16.2 Å². The summed E-state index contributed by atoms with van der Waals surface area (Å²) in [4.78, 5) is 12.2. The zero-order valence-corrected chi connectivity index (χ0v) is 14.3. The summed E-state index contributed by atoms with van der Waals surface area (Å²) in [7, 11) is 1.53. The Morgan fingerprint density at radius 1 is 1.16 bits per heavy atom. The number of hydrogen-bond acceptors (Lipinski definition) is 5. The van der Waals surface area contributed by atoms with Crippen molar-refractivity contribution >= 4 is 17.5 Å². The predicted molar refractivity (Wildman–Crippen MR) is 93.8 cm³/mol. The fourth-order valence-electron chi connectivity index (χ4n) is 2.27. The minimum absolute atomic E-state index is 0.213. The maximum atomic E-state index is 12.2. The third-order valence-corrected chi connectivity index (χ3v) is 3.79. The van der Waals surface area contributed by atoms with Gasteiger partial charge in [0.1, 0.15) is 5.75 Å².